The number of hydrogen-bond donors (Lipinski definition) is 1. The van der Waals surface area contributed by atoms with E-state index in [9.17, 15) is 4.79 Å². The van der Waals surface area contributed by atoms with Gasteiger partial charge < -0.3 is 19.9 Å². The summed E-state index contributed by atoms with van der Waals surface area (Å²) in [5.74, 6) is 1.41. The van der Waals surface area contributed by atoms with Gasteiger partial charge in [-0.1, -0.05) is 25.3 Å². The van der Waals surface area contributed by atoms with Crippen LogP contribution >= 0.6 is 12.2 Å². The van der Waals surface area contributed by atoms with E-state index in [1.54, 1.807) is 7.11 Å². The van der Waals surface area contributed by atoms with Crippen molar-refractivity contribution in [1.82, 2.24) is 9.80 Å². The van der Waals surface area contributed by atoms with Crippen LogP contribution in [0.4, 0.5) is 5.69 Å². The highest BCUT2D eigenvalue weighted by Gasteiger charge is 2.28. The molecule has 1 aromatic carbocycles. The van der Waals surface area contributed by atoms with Crippen molar-refractivity contribution in [2.75, 3.05) is 38.6 Å². The second-order valence-electron chi connectivity index (χ2n) is 6.81. The minimum absolute atomic E-state index is 0.252. The van der Waals surface area contributed by atoms with E-state index in [0.717, 1.165) is 50.5 Å². The van der Waals surface area contributed by atoms with Crippen molar-refractivity contribution in [3.05, 3.63) is 24.3 Å². The largest absolute Gasteiger partial charge is 0.497 e. The Hall–Kier alpha value is -1.82. The van der Waals surface area contributed by atoms with Crippen molar-refractivity contribution >= 4 is 28.9 Å². The predicted molar refractivity (Wildman–Crippen MR) is 104 cm³/mol. The van der Waals surface area contributed by atoms with Crippen molar-refractivity contribution in [2.24, 2.45) is 5.92 Å². The lowest BCUT2D eigenvalue weighted by Gasteiger charge is -2.38. The average Bonchev–Trinajstić information content (AvgIpc) is 2.68. The molecule has 1 aliphatic heterocycles. The van der Waals surface area contributed by atoms with Crippen LogP contribution < -0.4 is 10.1 Å². The van der Waals surface area contributed by atoms with Gasteiger partial charge in [0.1, 0.15) is 5.75 Å². The lowest BCUT2D eigenvalue weighted by atomic mass is 9.88. The summed E-state index contributed by atoms with van der Waals surface area (Å²) >= 11 is 5.54. The van der Waals surface area contributed by atoms with E-state index in [1.807, 2.05) is 29.2 Å². The van der Waals surface area contributed by atoms with Crippen molar-refractivity contribution < 1.29 is 9.53 Å². The fourth-order valence-electron chi connectivity index (χ4n) is 3.64. The molecule has 1 saturated carbocycles. The van der Waals surface area contributed by atoms with Crippen LogP contribution in [0, 0.1) is 5.92 Å². The Morgan fingerprint density at radius 1 is 1.12 bits per heavy atom. The average molecular weight is 362 g/mol. The zero-order chi connectivity index (χ0) is 17.6. The SMILES string of the molecule is COc1cccc(NC(=S)N2CCN(C(=O)C3CCCCC3)CC2)c1. The van der Waals surface area contributed by atoms with Gasteiger partial charge in [0.15, 0.2) is 5.11 Å². The van der Waals surface area contributed by atoms with E-state index in [0.29, 0.717) is 11.0 Å². The Bertz CT molecular complexity index is 608. The molecule has 5 nitrogen and oxygen atoms in total. The van der Waals surface area contributed by atoms with Crippen molar-refractivity contribution in [2.45, 2.75) is 32.1 Å². The highest BCUT2D eigenvalue weighted by Crippen LogP contribution is 2.26. The van der Waals surface area contributed by atoms with Crippen LogP contribution in [0.25, 0.3) is 0 Å². The molecule has 0 radical (unpaired) electrons. The van der Waals surface area contributed by atoms with Gasteiger partial charge in [-0.3, -0.25) is 4.79 Å². The summed E-state index contributed by atoms with van der Waals surface area (Å²) in [6, 6.07) is 7.74. The van der Waals surface area contributed by atoms with Gasteiger partial charge in [-0.2, -0.15) is 0 Å². The molecule has 136 valence electrons. The molecule has 1 heterocycles. The molecule has 0 aromatic heterocycles. The van der Waals surface area contributed by atoms with Crippen LogP contribution in [-0.2, 0) is 4.79 Å². The summed E-state index contributed by atoms with van der Waals surface area (Å²) in [6.07, 6.45) is 5.81. The fraction of sp³-hybridized carbons (Fsp3) is 0.579. The Morgan fingerprint density at radius 2 is 1.80 bits per heavy atom. The number of thiocarbonyl (C=S) groups is 1. The number of carbonyl (C=O) groups excluding carboxylic acids is 1. The Kier molecular flexibility index (Phi) is 6.13. The highest BCUT2D eigenvalue weighted by atomic mass is 32.1. The van der Waals surface area contributed by atoms with Gasteiger partial charge in [0.2, 0.25) is 5.91 Å². The van der Waals surface area contributed by atoms with E-state index in [-0.39, 0.29) is 5.92 Å². The molecule has 0 bridgehead atoms. The molecule has 2 fully saturated rings. The van der Waals surface area contributed by atoms with Gasteiger partial charge in [-0.05, 0) is 37.2 Å². The highest BCUT2D eigenvalue weighted by molar-refractivity contribution is 7.80. The van der Waals surface area contributed by atoms with E-state index >= 15 is 0 Å². The second kappa shape index (κ2) is 8.52. The second-order valence-corrected chi connectivity index (χ2v) is 7.20. The molecule has 1 saturated heterocycles. The lowest BCUT2D eigenvalue weighted by Crippen LogP contribution is -2.53. The third kappa shape index (κ3) is 4.63. The smallest absolute Gasteiger partial charge is 0.225 e. The predicted octanol–water partition coefficient (Wildman–Crippen LogP) is 3.12. The molecule has 25 heavy (non-hydrogen) atoms. The molecule has 6 heteroatoms. The molecular weight excluding hydrogens is 334 g/mol. The van der Waals surface area contributed by atoms with Gasteiger partial charge in [-0.25, -0.2) is 0 Å². The van der Waals surface area contributed by atoms with Gasteiger partial charge in [0.25, 0.3) is 0 Å². The fourth-order valence-corrected chi connectivity index (χ4v) is 3.94. The van der Waals surface area contributed by atoms with Gasteiger partial charge >= 0.3 is 0 Å². The summed E-state index contributed by atoms with van der Waals surface area (Å²) in [7, 11) is 1.65. The van der Waals surface area contributed by atoms with E-state index in [2.05, 4.69) is 10.2 Å². The van der Waals surface area contributed by atoms with Gasteiger partial charge in [0, 0.05) is 43.9 Å². The maximum atomic E-state index is 12.6. The number of anilines is 1. The van der Waals surface area contributed by atoms with E-state index in [4.69, 9.17) is 17.0 Å². The lowest BCUT2D eigenvalue weighted by molar-refractivity contribution is -0.137. The number of piperazine rings is 1. The summed E-state index contributed by atoms with van der Waals surface area (Å²) in [6.45, 7) is 3.09. The number of benzene rings is 1. The first-order valence-electron chi connectivity index (χ1n) is 9.16. The summed E-state index contributed by atoms with van der Waals surface area (Å²) < 4.78 is 5.24. The van der Waals surface area contributed by atoms with E-state index < -0.39 is 0 Å². The molecule has 0 unspecified atom stereocenters. The third-order valence-corrected chi connectivity index (χ3v) is 5.51. The number of nitrogens with one attached hydrogen (secondary N) is 1. The monoisotopic (exact) mass is 361 g/mol. The molecule has 3 rings (SSSR count). The van der Waals surface area contributed by atoms with Gasteiger partial charge in [0.05, 0.1) is 7.11 Å². The normalized spacial score (nSPS) is 18.8. The van der Waals surface area contributed by atoms with Crippen LogP contribution in [0.3, 0.4) is 0 Å². The first kappa shape index (κ1) is 18.0. The summed E-state index contributed by atoms with van der Waals surface area (Å²) in [5.41, 5.74) is 0.921. The van der Waals surface area contributed by atoms with Crippen molar-refractivity contribution in [3.8, 4) is 5.75 Å². The third-order valence-electron chi connectivity index (χ3n) is 5.15. The summed E-state index contributed by atoms with van der Waals surface area (Å²) in [5, 5.41) is 3.97. The van der Waals surface area contributed by atoms with Crippen molar-refractivity contribution in [1.29, 1.82) is 0 Å². The molecule has 1 amide bonds. The zero-order valence-corrected chi connectivity index (χ0v) is 15.7. The van der Waals surface area contributed by atoms with Crippen LogP contribution in [0.15, 0.2) is 24.3 Å². The van der Waals surface area contributed by atoms with Crippen molar-refractivity contribution in [3.63, 3.8) is 0 Å². The first-order chi connectivity index (χ1) is 12.2. The Morgan fingerprint density at radius 3 is 2.48 bits per heavy atom. The Balaban J connectivity index is 1.49. The quantitative estimate of drug-likeness (QED) is 0.838. The van der Waals surface area contributed by atoms with Crippen LogP contribution in [0.2, 0.25) is 0 Å². The van der Waals surface area contributed by atoms with Gasteiger partial charge in [-0.15, -0.1) is 0 Å². The maximum Gasteiger partial charge on any atom is 0.225 e. The number of carbonyl (C=O) groups is 1. The summed E-state index contributed by atoms with van der Waals surface area (Å²) in [4.78, 5) is 16.8. The number of nitrogens with zero attached hydrogens (tertiary/aromatic N) is 2. The number of rotatable bonds is 3. The molecule has 1 aliphatic carbocycles. The molecule has 0 atom stereocenters. The standard InChI is InChI=1S/C19H27N3O2S/c1-24-17-9-5-8-16(14-17)20-19(25)22-12-10-21(11-13-22)18(23)15-6-3-2-4-7-15/h5,8-9,14-15H,2-4,6-7,10-13H2,1H3,(H,20,25). The maximum absolute atomic E-state index is 12.6. The number of ether oxygens (including phenoxy) is 1. The molecule has 1 N–H and O–H groups in total. The number of hydrogen-bond acceptors (Lipinski definition) is 3. The molecule has 0 spiro atoms. The minimum atomic E-state index is 0.252. The van der Waals surface area contributed by atoms with E-state index in [1.165, 1.54) is 19.3 Å². The van der Waals surface area contributed by atoms with Crippen LogP contribution in [-0.4, -0.2) is 54.1 Å². The number of amides is 1. The van der Waals surface area contributed by atoms with Crippen LogP contribution in [0.1, 0.15) is 32.1 Å². The zero-order valence-electron chi connectivity index (χ0n) is 14.9. The topological polar surface area (TPSA) is 44.8 Å². The minimum Gasteiger partial charge on any atom is -0.497 e. The number of methoxy groups -OCH3 is 1. The molecule has 1 aromatic rings. The molecule has 2 aliphatic rings. The van der Waals surface area contributed by atoms with Crippen LogP contribution in [0.5, 0.6) is 5.75 Å². The molecular formula is C19H27N3O2S. The first-order valence-corrected chi connectivity index (χ1v) is 9.57. The Labute approximate surface area is 155 Å².